The zero-order valence-electron chi connectivity index (χ0n) is 30.4. The van der Waals surface area contributed by atoms with Crippen molar-refractivity contribution in [1.82, 2.24) is 4.98 Å². The van der Waals surface area contributed by atoms with E-state index in [1.807, 2.05) is 30.3 Å². The van der Waals surface area contributed by atoms with Gasteiger partial charge in [0.15, 0.2) is 11.5 Å². The van der Waals surface area contributed by atoms with Crippen LogP contribution in [0, 0.1) is 24.7 Å². The van der Waals surface area contributed by atoms with Crippen LogP contribution in [0.5, 0.6) is 11.5 Å². The normalized spacial score (nSPS) is 19.1. The van der Waals surface area contributed by atoms with Crippen LogP contribution in [0.1, 0.15) is 63.3 Å². The molecule has 0 spiro atoms. The van der Waals surface area contributed by atoms with Gasteiger partial charge in [-0.25, -0.2) is 0 Å². The highest BCUT2D eigenvalue weighted by molar-refractivity contribution is 6.44. The highest BCUT2D eigenvalue weighted by atomic mass is 16.6. The summed E-state index contributed by atoms with van der Waals surface area (Å²) in [6.07, 6.45) is -0.833. The first kappa shape index (κ1) is 40.1. The monoisotopic (exact) mass is 728 g/mol. The third kappa shape index (κ3) is 10.7. The molecule has 53 heavy (non-hydrogen) atoms. The Morgan fingerprint density at radius 1 is 0.849 bits per heavy atom. The number of nitrogens with one attached hydrogen (secondary N) is 1. The van der Waals surface area contributed by atoms with E-state index >= 15 is 0 Å². The summed E-state index contributed by atoms with van der Waals surface area (Å²) in [6.45, 7) is 6.24. The van der Waals surface area contributed by atoms with Gasteiger partial charge in [0, 0.05) is 19.3 Å². The van der Waals surface area contributed by atoms with Crippen molar-refractivity contribution in [1.29, 1.82) is 0 Å². The Kier molecular flexibility index (Phi) is 14.1. The zero-order valence-corrected chi connectivity index (χ0v) is 30.4. The molecular weight excluding hydrogens is 684 g/mol. The Morgan fingerprint density at radius 2 is 1.47 bits per heavy atom. The van der Waals surface area contributed by atoms with Crippen LogP contribution in [-0.4, -0.2) is 65.3 Å². The summed E-state index contributed by atoms with van der Waals surface area (Å²) in [5.74, 6) is -8.91. The Labute approximate surface area is 307 Å². The second-order valence-corrected chi connectivity index (χ2v) is 13.2. The summed E-state index contributed by atoms with van der Waals surface area (Å²) in [4.78, 5) is 97.0. The number of ether oxygens (including phenoxy) is 4. The summed E-state index contributed by atoms with van der Waals surface area (Å²) in [7, 11) is 1.29. The summed E-state index contributed by atoms with van der Waals surface area (Å²) in [5, 5.41) is 2.82. The van der Waals surface area contributed by atoms with E-state index in [2.05, 4.69) is 10.3 Å². The predicted octanol–water partition coefficient (Wildman–Crippen LogP) is 4.74. The largest absolute Gasteiger partial charge is 0.491 e. The fraction of sp³-hybridized carbons (Fsp3) is 0.400. The number of nitrogens with zero attached hydrogens (tertiary/aromatic N) is 1. The number of Topliss-reactive ketones (excluding diaryl/α,β-unsaturated/α-hetero) is 4. The van der Waals surface area contributed by atoms with Crippen LogP contribution < -0.4 is 14.8 Å². The van der Waals surface area contributed by atoms with Gasteiger partial charge >= 0.3 is 17.9 Å². The Hall–Kier alpha value is -5.72. The van der Waals surface area contributed by atoms with Crippen LogP contribution in [0.3, 0.4) is 0 Å². The number of rotatable bonds is 14. The van der Waals surface area contributed by atoms with E-state index in [4.69, 9.17) is 18.9 Å². The number of carbonyl (C=O) groups excluding carboxylic acids is 7. The first-order valence-corrected chi connectivity index (χ1v) is 17.4. The molecule has 1 aliphatic carbocycles. The number of anilines is 1. The first-order chi connectivity index (χ1) is 25.3. The van der Waals surface area contributed by atoms with Crippen LogP contribution in [0.2, 0.25) is 0 Å². The zero-order chi connectivity index (χ0) is 38.7. The van der Waals surface area contributed by atoms with Gasteiger partial charge < -0.3 is 24.3 Å². The molecule has 1 fully saturated rings. The molecular formula is C40H44N2O11. The molecule has 1 saturated carbocycles. The molecule has 4 rings (SSSR count). The van der Waals surface area contributed by atoms with Crippen LogP contribution in [0.15, 0.2) is 66.9 Å². The van der Waals surface area contributed by atoms with Crippen LogP contribution >= 0.6 is 0 Å². The number of methoxy groups -OCH3 is 1. The molecule has 4 atom stereocenters. The second-order valence-electron chi connectivity index (χ2n) is 13.2. The lowest BCUT2D eigenvalue weighted by Gasteiger charge is -2.29. The van der Waals surface area contributed by atoms with Crippen molar-refractivity contribution in [3.63, 3.8) is 0 Å². The highest BCUT2D eigenvalue weighted by Crippen LogP contribution is 2.38. The van der Waals surface area contributed by atoms with Gasteiger partial charge in [0.1, 0.15) is 18.8 Å². The number of esters is 3. The van der Waals surface area contributed by atoms with Crippen molar-refractivity contribution in [2.45, 2.75) is 78.6 Å². The van der Waals surface area contributed by atoms with Gasteiger partial charge in [0.25, 0.3) is 0 Å². The minimum atomic E-state index is -1.54. The number of aryl methyl sites for hydroxylation is 1. The molecule has 0 radical (unpaired) electrons. The molecule has 13 heteroatoms. The summed E-state index contributed by atoms with van der Waals surface area (Å²) in [5.41, 5.74) is 1.76. The van der Waals surface area contributed by atoms with Gasteiger partial charge in [-0.3, -0.25) is 38.5 Å². The third-order valence-corrected chi connectivity index (χ3v) is 8.81. The van der Waals surface area contributed by atoms with E-state index in [1.165, 1.54) is 20.2 Å². The van der Waals surface area contributed by atoms with Crippen molar-refractivity contribution >= 4 is 46.7 Å². The average Bonchev–Trinajstić information content (AvgIpc) is 3.17. The molecule has 3 aromatic rings. The molecule has 2 aromatic carbocycles. The lowest BCUT2D eigenvalue weighted by molar-refractivity contribution is -0.163. The number of aromatic nitrogens is 1. The topological polar surface area (TPSA) is 181 Å². The smallest absolute Gasteiger partial charge is 0.311 e. The van der Waals surface area contributed by atoms with Crippen LogP contribution in [-0.2, 0) is 56.1 Å². The van der Waals surface area contributed by atoms with E-state index in [0.29, 0.717) is 5.56 Å². The maximum atomic E-state index is 13.8. The standard InChI is InChI=1S/C40H44N2O11/c1-23(2)40(49)53-37-24(3)34(46)36(48)29(20-31(43)35(47)28(37)19-26-13-8-6-9-14-26)42-30-21-41-25(4)38(39(30)50-5)52-33(45)18-12-17-32(44)51-22-27-15-10-7-11-16-27/h6-11,13-16,21,23-24,28-29,37,42H,12,17-20,22H2,1-5H3/t24-,28+,29+,37-/m1/s1. The van der Waals surface area contributed by atoms with Gasteiger partial charge in [-0.1, -0.05) is 81.4 Å². The van der Waals surface area contributed by atoms with Crippen molar-refractivity contribution in [3.05, 3.63) is 83.7 Å². The molecule has 0 aliphatic heterocycles. The molecule has 0 bridgehead atoms. The van der Waals surface area contributed by atoms with E-state index in [1.54, 1.807) is 51.1 Å². The van der Waals surface area contributed by atoms with Crippen molar-refractivity contribution in [2.24, 2.45) is 17.8 Å². The van der Waals surface area contributed by atoms with E-state index in [9.17, 15) is 33.6 Å². The van der Waals surface area contributed by atoms with Crippen molar-refractivity contribution < 1.29 is 52.5 Å². The number of ketones is 4. The van der Waals surface area contributed by atoms with E-state index in [-0.39, 0.29) is 55.2 Å². The average molecular weight is 729 g/mol. The van der Waals surface area contributed by atoms with E-state index < -0.39 is 77.4 Å². The Bertz CT molecular complexity index is 1820. The van der Waals surface area contributed by atoms with Gasteiger partial charge in [0.2, 0.25) is 23.1 Å². The van der Waals surface area contributed by atoms with Crippen LogP contribution in [0.25, 0.3) is 0 Å². The van der Waals surface area contributed by atoms with Crippen molar-refractivity contribution in [3.8, 4) is 11.5 Å². The molecule has 0 unspecified atom stereocenters. The first-order valence-electron chi connectivity index (χ1n) is 17.4. The number of benzene rings is 2. The van der Waals surface area contributed by atoms with Gasteiger partial charge in [-0.15, -0.1) is 0 Å². The predicted molar refractivity (Wildman–Crippen MR) is 191 cm³/mol. The molecule has 13 nitrogen and oxygen atoms in total. The summed E-state index contributed by atoms with van der Waals surface area (Å²) < 4.78 is 22.1. The lowest BCUT2D eigenvalue weighted by atomic mass is 9.81. The van der Waals surface area contributed by atoms with Crippen molar-refractivity contribution in [2.75, 3.05) is 12.4 Å². The number of carbonyl (C=O) groups is 7. The SMILES string of the molecule is COc1c(N[C@H]2CC(=O)C(=O)[C@H](Cc3ccccc3)[C@H](OC(=O)C(C)C)[C@H](C)C(=O)C2=O)cnc(C)c1OC(=O)CCCC(=O)OCc1ccccc1. The maximum absolute atomic E-state index is 13.8. The highest BCUT2D eigenvalue weighted by Gasteiger charge is 2.46. The molecule has 0 saturated heterocycles. The second kappa shape index (κ2) is 18.7. The Morgan fingerprint density at radius 3 is 2.09 bits per heavy atom. The lowest BCUT2D eigenvalue weighted by Crippen LogP contribution is -2.45. The fourth-order valence-electron chi connectivity index (χ4n) is 5.81. The Balaban J connectivity index is 1.52. The van der Waals surface area contributed by atoms with Gasteiger partial charge in [-0.2, -0.15) is 0 Å². The van der Waals surface area contributed by atoms with Gasteiger partial charge in [-0.05, 0) is 30.9 Å². The van der Waals surface area contributed by atoms with E-state index in [0.717, 1.165) is 5.56 Å². The minimum absolute atomic E-state index is 0.00677. The molecule has 1 aliphatic rings. The molecule has 1 heterocycles. The quantitative estimate of drug-likeness (QED) is 0.178. The number of hydrogen-bond acceptors (Lipinski definition) is 13. The molecule has 1 N–H and O–H groups in total. The third-order valence-electron chi connectivity index (χ3n) is 8.81. The minimum Gasteiger partial charge on any atom is -0.491 e. The fourth-order valence-corrected chi connectivity index (χ4v) is 5.81. The summed E-state index contributed by atoms with van der Waals surface area (Å²) in [6, 6.07) is 16.4. The molecule has 0 amide bonds. The van der Waals surface area contributed by atoms with Crippen LogP contribution in [0.4, 0.5) is 5.69 Å². The number of pyridine rings is 1. The summed E-state index contributed by atoms with van der Waals surface area (Å²) >= 11 is 0. The molecule has 280 valence electrons. The number of hydrogen-bond donors (Lipinski definition) is 1. The maximum Gasteiger partial charge on any atom is 0.311 e. The molecule has 1 aromatic heterocycles. The van der Waals surface area contributed by atoms with Gasteiger partial charge in [0.05, 0.1) is 42.4 Å².